The van der Waals surface area contributed by atoms with Gasteiger partial charge in [0, 0.05) is 18.2 Å². The zero-order valence-corrected chi connectivity index (χ0v) is 11.2. The summed E-state index contributed by atoms with van der Waals surface area (Å²) in [5.41, 5.74) is 3.01. The number of hydrogen-bond donors (Lipinski definition) is 2. The van der Waals surface area contributed by atoms with Gasteiger partial charge in [0.05, 0.1) is 11.3 Å². The molecule has 0 amide bonds. The second kappa shape index (κ2) is 5.16. The number of nitro groups is 1. The first-order chi connectivity index (χ1) is 10.1. The van der Waals surface area contributed by atoms with Crippen LogP contribution in [0.5, 0.6) is 0 Å². The van der Waals surface area contributed by atoms with Gasteiger partial charge in [-0.05, 0) is 18.6 Å². The van der Waals surface area contributed by atoms with E-state index in [1.807, 2.05) is 0 Å². The molecule has 0 aliphatic rings. The summed E-state index contributed by atoms with van der Waals surface area (Å²) in [6.45, 7) is 2.22. The molecular weight excluding hydrogens is 272 g/mol. The molecule has 21 heavy (non-hydrogen) atoms. The smallest absolute Gasteiger partial charge is 0.272 e. The summed E-state index contributed by atoms with van der Waals surface area (Å²) >= 11 is 0. The Kier molecular flexibility index (Phi) is 3.19. The minimum absolute atomic E-state index is 0.121. The van der Waals surface area contributed by atoms with Gasteiger partial charge in [-0.25, -0.2) is 15.0 Å². The summed E-state index contributed by atoms with van der Waals surface area (Å²) in [6.07, 6.45) is 3.00. The molecule has 8 nitrogen and oxygen atoms in total. The predicted octanol–water partition coefficient (Wildman–Crippen LogP) is 2.18. The number of nitro benzene ring substituents is 1. The first-order valence-electron chi connectivity index (χ1n) is 6.27. The molecule has 2 N–H and O–H groups in total. The van der Waals surface area contributed by atoms with E-state index in [1.165, 1.54) is 12.4 Å². The van der Waals surface area contributed by atoms with Gasteiger partial charge in [0.1, 0.15) is 11.8 Å². The van der Waals surface area contributed by atoms with Crippen LogP contribution >= 0.6 is 0 Å². The minimum atomic E-state index is -0.385. The van der Waals surface area contributed by atoms with Crippen LogP contribution in [0, 0.1) is 17.0 Å². The summed E-state index contributed by atoms with van der Waals surface area (Å²) in [7, 11) is 0. The van der Waals surface area contributed by atoms with Gasteiger partial charge in [-0.2, -0.15) is 0 Å². The highest BCUT2D eigenvalue weighted by atomic mass is 16.6. The molecule has 0 aliphatic heterocycles. The quantitative estimate of drug-likeness (QED) is 0.561. The number of nitrogens with zero attached hydrogens (tertiary/aromatic N) is 4. The highest BCUT2D eigenvalue weighted by Crippen LogP contribution is 2.20. The van der Waals surface area contributed by atoms with E-state index >= 15 is 0 Å². The fourth-order valence-corrected chi connectivity index (χ4v) is 2.11. The molecule has 8 heteroatoms. The molecule has 0 unspecified atom stereocenters. The van der Waals surface area contributed by atoms with Gasteiger partial charge >= 0.3 is 0 Å². The van der Waals surface area contributed by atoms with Crippen LogP contribution in [0.2, 0.25) is 0 Å². The topological polar surface area (TPSA) is 110 Å². The van der Waals surface area contributed by atoms with Gasteiger partial charge in [-0.15, -0.1) is 0 Å². The van der Waals surface area contributed by atoms with Crippen LogP contribution in [-0.4, -0.2) is 24.9 Å². The Hall–Kier alpha value is -3.03. The lowest BCUT2D eigenvalue weighted by atomic mass is 10.1. The Morgan fingerprint density at radius 1 is 1.33 bits per heavy atom. The molecule has 0 fully saturated rings. The molecule has 0 aliphatic carbocycles. The molecule has 3 aromatic rings. The maximum absolute atomic E-state index is 10.8. The Bertz CT molecular complexity index is 813. The summed E-state index contributed by atoms with van der Waals surface area (Å²) in [5, 5.41) is 14.0. The number of imidazole rings is 1. The van der Waals surface area contributed by atoms with Gasteiger partial charge in [0.15, 0.2) is 11.5 Å². The molecule has 0 radical (unpaired) electrons. The first kappa shape index (κ1) is 13.0. The van der Waals surface area contributed by atoms with Gasteiger partial charge in [-0.1, -0.05) is 6.07 Å². The molecule has 3 rings (SSSR count). The number of H-pyrrole nitrogens is 1. The number of anilines is 1. The van der Waals surface area contributed by atoms with E-state index in [1.54, 1.807) is 25.4 Å². The number of aryl methyl sites for hydroxylation is 1. The second-order valence-electron chi connectivity index (χ2n) is 4.55. The molecule has 106 valence electrons. The molecule has 0 saturated heterocycles. The third kappa shape index (κ3) is 2.50. The van der Waals surface area contributed by atoms with E-state index in [2.05, 4.69) is 25.3 Å². The van der Waals surface area contributed by atoms with Crippen molar-refractivity contribution >= 4 is 22.7 Å². The average Bonchev–Trinajstić information content (AvgIpc) is 2.93. The van der Waals surface area contributed by atoms with Crippen molar-refractivity contribution in [2.75, 3.05) is 5.32 Å². The molecule has 0 spiro atoms. The maximum Gasteiger partial charge on any atom is 0.272 e. The normalized spacial score (nSPS) is 10.7. The Labute approximate surface area is 119 Å². The number of fused-ring (bicyclic) bond motifs is 1. The van der Waals surface area contributed by atoms with Crippen molar-refractivity contribution in [2.45, 2.75) is 13.5 Å². The SMILES string of the molecule is Cc1cc(CNc2ncnc3[nH]cnc23)ccc1[N+](=O)[O-]. The van der Waals surface area contributed by atoms with Crippen LogP contribution in [0.4, 0.5) is 11.5 Å². The molecule has 2 heterocycles. The van der Waals surface area contributed by atoms with Crippen LogP contribution in [0.25, 0.3) is 11.2 Å². The van der Waals surface area contributed by atoms with Crippen LogP contribution in [0.3, 0.4) is 0 Å². The zero-order chi connectivity index (χ0) is 14.8. The number of nitrogens with one attached hydrogen (secondary N) is 2. The minimum Gasteiger partial charge on any atom is -0.364 e. The predicted molar refractivity (Wildman–Crippen MR) is 76.8 cm³/mol. The standard InChI is InChI=1S/C13H12N6O2/c1-8-4-9(2-3-10(8)19(20)21)5-14-12-11-13(16-6-15-11)18-7-17-12/h2-4,6-7H,5H2,1H3,(H2,14,15,16,17,18). The van der Waals surface area contributed by atoms with Gasteiger partial charge in [-0.3, -0.25) is 10.1 Å². The molecule has 2 aromatic heterocycles. The van der Waals surface area contributed by atoms with E-state index in [0.29, 0.717) is 29.1 Å². The third-order valence-electron chi connectivity index (χ3n) is 3.14. The zero-order valence-electron chi connectivity index (χ0n) is 11.2. The van der Waals surface area contributed by atoms with Crippen molar-refractivity contribution in [1.82, 2.24) is 19.9 Å². The first-order valence-corrected chi connectivity index (χ1v) is 6.27. The van der Waals surface area contributed by atoms with Gasteiger partial charge in [0.2, 0.25) is 0 Å². The largest absolute Gasteiger partial charge is 0.364 e. The van der Waals surface area contributed by atoms with Crippen molar-refractivity contribution in [3.63, 3.8) is 0 Å². The van der Waals surface area contributed by atoms with Crippen molar-refractivity contribution in [1.29, 1.82) is 0 Å². The van der Waals surface area contributed by atoms with Crippen molar-refractivity contribution in [2.24, 2.45) is 0 Å². The Morgan fingerprint density at radius 3 is 2.95 bits per heavy atom. The van der Waals surface area contributed by atoms with Crippen molar-refractivity contribution in [3.05, 3.63) is 52.1 Å². The van der Waals surface area contributed by atoms with Crippen LogP contribution in [0.15, 0.2) is 30.9 Å². The number of aromatic amines is 1. The highest BCUT2D eigenvalue weighted by molar-refractivity contribution is 5.81. The molecule has 0 atom stereocenters. The lowest BCUT2D eigenvalue weighted by molar-refractivity contribution is -0.385. The molecular formula is C13H12N6O2. The van der Waals surface area contributed by atoms with E-state index in [4.69, 9.17) is 0 Å². The second-order valence-corrected chi connectivity index (χ2v) is 4.55. The number of rotatable bonds is 4. The Balaban J connectivity index is 1.80. The van der Waals surface area contributed by atoms with Crippen LogP contribution < -0.4 is 5.32 Å². The summed E-state index contributed by atoms with van der Waals surface area (Å²) < 4.78 is 0. The van der Waals surface area contributed by atoms with E-state index in [9.17, 15) is 10.1 Å². The number of benzene rings is 1. The molecule has 0 bridgehead atoms. The third-order valence-corrected chi connectivity index (χ3v) is 3.14. The van der Waals surface area contributed by atoms with E-state index < -0.39 is 0 Å². The summed E-state index contributed by atoms with van der Waals surface area (Å²) in [5.74, 6) is 0.622. The van der Waals surface area contributed by atoms with Crippen LogP contribution in [-0.2, 0) is 6.54 Å². The number of hydrogen-bond acceptors (Lipinski definition) is 6. The molecule has 1 aromatic carbocycles. The van der Waals surface area contributed by atoms with Crippen LogP contribution in [0.1, 0.15) is 11.1 Å². The number of aromatic nitrogens is 4. The summed E-state index contributed by atoms with van der Waals surface area (Å²) in [4.78, 5) is 25.7. The monoisotopic (exact) mass is 284 g/mol. The lowest BCUT2D eigenvalue weighted by Crippen LogP contribution is -2.03. The summed E-state index contributed by atoms with van der Waals surface area (Å²) in [6, 6.07) is 5.02. The highest BCUT2D eigenvalue weighted by Gasteiger charge is 2.11. The van der Waals surface area contributed by atoms with Crippen molar-refractivity contribution < 1.29 is 4.92 Å². The fraction of sp³-hybridized carbons (Fsp3) is 0.154. The lowest BCUT2D eigenvalue weighted by Gasteiger charge is -2.07. The average molecular weight is 284 g/mol. The Morgan fingerprint density at radius 2 is 2.19 bits per heavy atom. The van der Waals surface area contributed by atoms with E-state index in [-0.39, 0.29) is 10.6 Å². The fourth-order valence-electron chi connectivity index (χ4n) is 2.11. The maximum atomic E-state index is 10.8. The van der Waals surface area contributed by atoms with E-state index in [0.717, 1.165) is 5.56 Å². The van der Waals surface area contributed by atoms with Gasteiger partial charge in [0.25, 0.3) is 5.69 Å². The van der Waals surface area contributed by atoms with Crippen molar-refractivity contribution in [3.8, 4) is 0 Å². The molecule has 0 saturated carbocycles. The van der Waals surface area contributed by atoms with Gasteiger partial charge < -0.3 is 10.3 Å².